The van der Waals surface area contributed by atoms with Crippen LogP contribution < -0.4 is 15.4 Å². The van der Waals surface area contributed by atoms with Gasteiger partial charge in [-0.3, -0.25) is 9.59 Å². The van der Waals surface area contributed by atoms with Crippen molar-refractivity contribution in [3.63, 3.8) is 0 Å². The molecule has 0 bridgehead atoms. The highest BCUT2D eigenvalue weighted by atomic mass is 35.5. The van der Waals surface area contributed by atoms with Crippen molar-refractivity contribution < 1.29 is 14.3 Å². The van der Waals surface area contributed by atoms with E-state index in [1.54, 1.807) is 36.4 Å². The summed E-state index contributed by atoms with van der Waals surface area (Å²) in [7, 11) is 0. The molecule has 1 fully saturated rings. The lowest BCUT2D eigenvalue weighted by molar-refractivity contribution is -0.134. The summed E-state index contributed by atoms with van der Waals surface area (Å²) < 4.78 is 5.38. The highest BCUT2D eigenvalue weighted by Gasteiger charge is 2.56. The Morgan fingerprint density at radius 3 is 2.27 bits per heavy atom. The third kappa shape index (κ3) is 4.17. The fourth-order valence-corrected chi connectivity index (χ4v) is 2.81. The fourth-order valence-electron chi connectivity index (χ4n) is 2.69. The van der Waals surface area contributed by atoms with E-state index in [0.29, 0.717) is 36.7 Å². The number of anilines is 1. The van der Waals surface area contributed by atoms with Gasteiger partial charge in [0.2, 0.25) is 11.8 Å². The number of carbonyl (C=O) groups is 2. The lowest BCUT2D eigenvalue weighted by atomic mass is 10.0. The molecular formula is C20H21ClN2O3. The van der Waals surface area contributed by atoms with E-state index in [2.05, 4.69) is 10.6 Å². The Labute approximate surface area is 157 Å². The summed E-state index contributed by atoms with van der Waals surface area (Å²) in [5.74, 6) is 0.235. The molecule has 0 radical (unpaired) electrons. The van der Waals surface area contributed by atoms with Crippen molar-refractivity contribution in [2.24, 2.45) is 5.41 Å². The molecular weight excluding hydrogens is 352 g/mol. The van der Waals surface area contributed by atoms with Crippen LogP contribution in [-0.2, 0) is 16.1 Å². The number of ether oxygens (including phenoxy) is 1. The van der Waals surface area contributed by atoms with Gasteiger partial charge in [-0.2, -0.15) is 0 Å². The van der Waals surface area contributed by atoms with Crippen molar-refractivity contribution in [3.05, 3.63) is 59.1 Å². The quantitative estimate of drug-likeness (QED) is 0.727. The molecule has 6 heteroatoms. The molecule has 2 N–H and O–H groups in total. The summed E-state index contributed by atoms with van der Waals surface area (Å²) in [4.78, 5) is 25.1. The molecule has 5 nitrogen and oxygen atoms in total. The summed E-state index contributed by atoms with van der Waals surface area (Å²) in [6, 6.07) is 14.4. The Hall–Kier alpha value is -2.53. The number of hydrogen-bond acceptors (Lipinski definition) is 3. The zero-order valence-electron chi connectivity index (χ0n) is 14.5. The van der Waals surface area contributed by atoms with Gasteiger partial charge in [-0.25, -0.2) is 0 Å². The number of amides is 2. The number of benzene rings is 2. The van der Waals surface area contributed by atoms with Gasteiger partial charge in [-0.05, 0) is 61.7 Å². The van der Waals surface area contributed by atoms with Crippen LogP contribution in [0, 0.1) is 5.41 Å². The Kier molecular flexibility index (Phi) is 5.47. The average molecular weight is 373 g/mol. The number of carbonyl (C=O) groups excluding carboxylic acids is 2. The fraction of sp³-hybridized carbons (Fsp3) is 0.300. The topological polar surface area (TPSA) is 67.4 Å². The maximum atomic E-state index is 12.6. The van der Waals surface area contributed by atoms with Gasteiger partial charge in [-0.15, -0.1) is 0 Å². The highest BCUT2D eigenvalue weighted by Crippen LogP contribution is 2.47. The van der Waals surface area contributed by atoms with Gasteiger partial charge in [0.1, 0.15) is 11.2 Å². The summed E-state index contributed by atoms with van der Waals surface area (Å²) in [5.41, 5.74) is 0.617. The summed E-state index contributed by atoms with van der Waals surface area (Å²) >= 11 is 5.85. The molecule has 1 aliphatic carbocycles. The predicted octanol–water partition coefficient (Wildman–Crippen LogP) is 3.77. The first-order chi connectivity index (χ1) is 12.5. The van der Waals surface area contributed by atoms with E-state index in [0.717, 1.165) is 11.3 Å². The second-order valence-corrected chi connectivity index (χ2v) is 6.74. The van der Waals surface area contributed by atoms with E-state index in [4.69, 9.17) is 16.3 Å². The summed E-state index contributed by atoms with van der Waals surface area (Å²) in [6.07, 6.45) is 1.12. The first kappa shape index (κ1) is 18.3. The maximum Gasteiger partial charge on any atom is 0.240 e. The minimum atomic E-state index is -0.967. The third-order valence-corrected chi connectivity index (χ3v) is 4.66. The van der Waals surface area contributed by atoms with Crippen molar-refractivity contribution in [3.8, 4) is 5.75 Å². The van der Waals surface area contributed by atoms with Crippen LogP contribution in [0.15, 0.2) is 48.5 Å². The van der Waals surface area contributed by atoms with Gasteiger partial charge in [-0.1, -0.05) is 23.7 Å². The van der Waals surface area contributed by atoms with E-state index in [1.165, 1.54) is 0 Å². The van der Waals surface area contributed by atoms with Crippen molar-refractivity contribution >= 4 is 29.1 Å². The number of rotatable bonds is 7. The Bertz CT molecular complexity index is 784. The predicted molar refractivity (Wildman–Crippen MR) is 101 cm³/mol. The first-order valence-electron chi connectivity index (χ1n) is 8.60. The van der Waals surface area contributed by atoms with Crippen molar-refractivity contribution in [2.45, 2.75) is 26.3 Å². The number of nitrogens with one attached hydrogen (secondary N) is 2. The highest BCUT2D eigenvalue weighted by molar-refractivity contribution is 6.30. The minimum absolute atomic E-state index is 0.240. The van der Waals surface area contributed by atoms with Crippen LogP contribution in [-0.4, -0.2) is 18.4 Å². The molecule has 3 rings (SSSR count). The second-order valence-electron chi connectivity index (χ2n) is 6.30. The van der Waals surface area contributed by atoms with Gasteiger partial charge in [0, 0.05) is 17.3 Å². The molecule has 0 unspecified atom stereocenters. The zero-order valence-corrected chi connectivity index (χ0v) is 15.3. The standard InChI is InChI=1S/C20H21ClN2O3/c1-2-26-17-9-7-16(8-10-17)23-19(25)20(11-12-20)18(24)22-13-14-3-5-15(21)6-4-14/h3-10H,2,11-13H2,1H3,(H,22,24)(H,23,25). The minimum Gasteiger partial charge on any atom is -0.494 e. The van der Waals surface area contributed by atoms with Gasteiger partial charge >= 0.3 is 0 Å². The molecule has 1 aliphatic rings. The largest absolute Gasteiger partial charge is 0.494 e. The molecule has 0 spiro atoms. The number of hydrogen-bond donors (Lipinski definition) is 2. The van der Waals surface area contributed by atoms with Crippen LogP contribution in [0.3, 0.4) is 0 Å². The van der Waals surface area contributed by atoms with Crippen LogP contribution in [0.25, 0.3) is 0 Å². The summed E-state index contributed by atoms with van der Waals surface area (Å²) in [5, 5.41) is 6.33. The van der Waals surface area contributed by atoms with E-state index in [1.807, 2.05) is 19.1 Å². The maximum absolute atomic E-state index is 12.6. The van der Waals surface area contributed by atoms with Crippen LogP contribution >= 0.6 is 11.6 Å². The van der Waals surface area contributed by atoms with E-state index in [-0.39, 0.29) is 11.8 Å². The zero-order chi connectivity index (χ0) is 18.6. The monoisotopic (exact) mass is 372 g/mol. The molecule has 2 aromatic carbocycles. The van der Waals surface area contributed by atoms with Crippen molar-refractivity contribution in [1.29, 1.82) is 0 Å². The summed E-state index contributed by atoms with van der Waals surface area (Å²) in [6.45, 7) is 2.87. The molecule has 136 valence electrons. The smallest absolute Gasteiger partial charge is 0.240 e. The van der Waals surface area contributed by atoms with Crippen LogP contribution in [0.2, 0.25) is 5.02 Å². The first-order valence-corrected chi connectivity index (χ1v) is 8.98. The van der Waals surface area contributed by atoms with Crippen molar-refractivity contribution in [2.75, 3.05) is 11.9 Å². The third-order valence-electron chi connectivity index (χ3n) is 4.41. The van der Waals surface area contributed by atoms with Crippen LogP contribution in [0.5, 0.6) is 5.75 Å². The van der Waals surface area contributed by atoms with Crippen molar-refractivity contribution in [1.82, 2.24) is 5.32 Å². The second kappa shape index (κ2) is 7.79. The van der Waals surface area contributed by atoms with Gasteiger partial charge in [0.25, 0.3) is 0 Å². The number of halogens is 1. The van der Waals surface area contributed by atoms with Gasteiger partial charge in [0.15, 0.2) is 0 Å². The molecule has 0 aromatic heterocycles. The normalized spacial score (nSPS) is 14.4. The molecule has 0 saturated heterocycles. The SMILES string of the molecule is CCOc1ccc(NC(=O)C2(C(=O)NCc3ccc(Cl)cc3)CC2)cc1. The van der Waals surface area contributed by atoms with Crippen LogP contribution in [0.1, 0.15) is 25.3 Å². The van der Waals surface area contributed by atoms with Gasteiger partial charge in [0.05, 0.1) is 6.61 Å². The molecule has 2 amide bonds. The van der Waals surface area contributed by atoms with Crippen LogP contribution in [0.4, 0.5) is 5.69 Å². The molecule has 1 saturated carbocycles. The van der Waals surface area contributed by atoms with Gasteiger partial charge < -0.3 is 15.4 Å². The lowest BCUT2D eigenvalue weighted by Crippen LogP contribution is -2.39. The average Bonchev–Trinajstić information content (AvgIpc) is 3.45. The Morgan fingerprint density at radius 1 is 1.04 bits per heavy atom. The molecule has 0 aliphatic heterocycles. The molecule has 0 heterocycles. The molecule has 2 aromatic rings. The van der Waals surface area contributed by atoms with E-state index in [9.17, 15) is 9.59 Å². The van der Waals surface area contributed by atoms with E-state index >= 15 is 0 Å². The molecule has 0 atom stereocenters. The lowest BCUT2D eigenvalue weighted by Gasteiger charge is -2.16. The van der Waals surface area contributed by atoms with E-state index < -0.39 is 5.41 Å². The molecule has 26 heavy (non-hydrogen) atoms. The Morgan fingerprint density at radius 2 is 1.69 bits per heavy atom. The Balaban J connectivity index is 1.57.